The molecule has 0 aliphatic carbocycles. The van der Waals surface area contributed by atoms with Gasteiger partial charge >= 0.3 is 0 Å². The number of benzene rings is 5. The van der Waals surface area contributed by atoms with Crippen molar-refractivity contribution in [1.29, 1.82) is 0 Å². The topological polar surface area (TPSA) is 0 Å². The van der Waals surface area contributed by atoms with Gasteiger partial charge in [0.2, 0.25) is 0 Å². The summed E-state index contributed by atoms with van der Waals surface area (Å²) in [6.07, 6.45) is 0. The lowest BCUT2D eigenvalue weighted by Gasteiger charge is -2.34. The van der Waals surface area contributed by atoms with Crippen LogP contribution in [-0.4, -0.2) is 8.07 Å². The Morgan fingerprint density at radius 3 is 1.67 bits per heavy atom. The van der Waals surface area contributed by atoms with Crippen molar-refractivity contribution in [1.82, 2.24) is 0 Å². The van der Waals surface area contributed by atoms with Gasteiger partial charge in [-0.1, -0.05) is 150 Å². The Morgan fingerprint density at radius 1 is 0.545 bits per heavy atom. The highest BCUT2D eigenvalue weighted by Crippen LogP contribution is 2.29. The van der Waals surface area contributed by atoms with Crippen LogP contribution in [0.15, 0.2) is 133 Å². The highest BCUT2D eigenvalue weighted by atomic mass is 28.3. The van der Waals surface area contributed by atoms with Crippen LogP contribution < -0.4 is 10.4 Å². The molecule has 0 bridgehead atoms. The van der Waals surface area contributed by atoms with Crippen LogP contribution in [0.1, 0.15) is 16.7 Å². The molecular weight excluding hydrogens is 412 g/mol. The van der Waals surface area contributed by atoms with Crippen LogP contribution in [0.3, 0.4) is 0 Å². The first kappa shape index (κ1) is 21.0. The van der Waals surface area contributed by atoms with E-state index in [0.717, 1.165) is 5.56 Å². The highest BCUT2D eigenvalue weighted by Gasteiger charge is 2.40. The molecule has 158 valence electrons. The maximum atomic E-state index is 3.77. The van der Waals surface area contributed by atoms with Crippen molar-refractivity contribution in [2.75, 3.05) is 0 Å². The minimum atomic E-state index is -2.29. The lowest BCUT2D eigenvalue weighted by molar-refractivity contribution is 1.20. The van der Waals surface area contributed by atoms with E-state index in [1.54, 1.807) is 0 Å². The van der Waals surface area contributed by atoms with E-state index < -0.39 is 8.07 Å². The van der Waals surface area contributed by atoms with Crippen LogP contribution in [0.25, 0.3) is 10.8 Å². The molecule has 5 aromatic rings. The van der Waals surface area contributed by atoms with Gasteiger partial charge in [-0.2, -0.15) is 0 Å². The summed E-state index contributed by atoms with van der Waals surface area (Å²) in [6, 6.07) is 47.8. The van der Waals surface area contributed by atoms with Crippen LogP contribution in [0.4, 0.5) is 0 Å². The maximum Gasteiger partial charge on any atom is 0.134 e. The molecule has 5 rings (SSSR count). The third kappa shape index (κ3) is 4.26. The summed E-state index contributed by atoms with van der Waals surface area (Å²) in [6.45, 7) is 2.47. The van der Waals surface area contributed by atoms with Gasteiger partial charge in [0.25, 0.3) is 0 Å². The molecule has 0 heterocycles. The van der Waals surface area contributed by atoms with Gasteiger partial charge in [0.1, 0.15) is 8.07 Å². The van der Waals surface area contributed by atoms with Crippen LogP contribution in [-0.2, 0) is 0 Å². The molecule has 0 fully saturated rings. The van der Waals surface area contributed by atoms with Gasteiger partial charge in [-0.05, 0) is 28.5 Å². The van der Waals surface area contributed by atoms with Crippen molar-refractivity contribution in [3.63, 3.8) is 0 Å². The average Bonchev–Trinajstić information content (AvgIpc) is 2.90. The fraction of sp³-hybridized carbons (Fsp3) is 0.0625. The highest BCUT2D eigenvalue weighted by molar-refractivity contribution is 7.02. The zero-order valence-corrected chi connectivity index (χ0v) is 19.8. The standard InChI is InChI=1S/C32H26Si/c1-33(30-17-7-3-8-18-30,31-19-9-4-10-20-31)32(24-21-26-13-5-2-6-14-26)29-23-22-27-15-11-12-16-28(27)25-29/h2-20,22-23,25,32H,1H3. The van der Waals surface area contributed by atoms with Crippen molar-refractivity contribution in [2.24, 2.45) is 0 Å². The molecule has 1 atom stereocenters. The van der Waals surface area contributed by atoms with Crippen LogP contribution >= 0.6 is 0 Å². The van der Waals surface area contributed by atoms with Crippen LogP contribution in [0.2, 0.25) is 6.55 Å². The summed E-state index contributed by atoms with van der Waals surface area (Å²) >= 11 is 0. The number of fused-ring (bicyclic) bond motifs is 1. The van der Waals surface area contributed by atoms with Gasteiger partial charge in [0, 0.05) is 11.1 Å². The molecular formula is C32H26Si. The minimum absolute atomic E-state index is 0.104. The summed E-state index contributed by atoms with van der Waals surface area (Å²) < 4.78 is 0. The summed E-state index contributed by atoms with van der Waals surface area (Å²) in [4.78, 5) is 0. The number of rotatable bonds is 4. The lowest BCUT2D eigenvalue weighted by atomic mass is 10.0. The molecule has 1 unspecified atom stereocenters. The molecule has 0 radical (unpaired) electrons. The minimum Gasteiger partial charge on any atom is -0.0921 e. The molecule has 0 aliphatic rings. The van der Waals surface area contributed by atoms with E-state index in [1.165, 1.54) is 26.7 Å². The van der Waals surface area contributed by atoms with Crippen molar-refractivity contribution in [3.8, 4) is 11.8 Å². The zero-order chi connectivity index (χ0) is 22.5. The number of hydrogen-bond acceptors (Lipinski definition) is 0. The summed E-state index contributed by atoms with van der Waals surface area (Å²) in [5.41, 5.74) is 2.45. The van der Waals surface area contributed by atoms with E-state index in [0.29, 0.717) is 0 Å². The van der Waals surface area contributed by atoms with Gasteiger partial charge in [0.15, 0.2) is 0 Å². The summed E-state index contributed by atoms with van der Waals surface area (Å²) in [5, 5.41) is 5.33. The molecule has 0 nitrogen and oxygen atoms in total. The molecule has 0 saturated heterocycles. The Labute approximate surface area is 197 Å². The van der Waals surface area contributed by atoms with Crippen LogP contribution in [0, 0.1) is 11.8 Å². The molecule has 0 spiro atoms. The molecule has 0 aliphatic heterocycles. The predicted molar refractivity (Wildman–Crippen MR) is 144 cm³/mol. The Kier molecular flexibility index (Phi) is 5.94. The second kappa shape index (κ2) is 9.33. The fourth-order valence-electron chi connectivity index (χ4n) is 4.69. The second-order valence-electron chi connectivity index (χ2n) is 8.61. The van der Waals surface area contributed by atoms with Crippen LogP contribution in [0.5, 0.6) is 0 Å². The molecule has 0 N–H and O–H groups in total. The van der Waals surface area contributed by atoms with E-state index in [4.69, 9.17) is 0 Å². The van der Waals surface area contributed by atoms with Gasteiger partial charge in [-0.3, -0.25) is 0 Å². The zero-order valence-electron chi connectivity index (χ0n) is 18.8. The van der Waals surface area contributed by atoms with Crippen molar-refractivity contribution in [3.05, 3.63) is 145 Å². The molecule has 1 heteroatoms. The van der Waals surface area contributed by atoms with Crippen molar-refractivity contribution in [2.45, 2.75) is 12.1 Å². The lowest BCUT2D eigenvalue weighted by Crippen LogP contribution is -2.60. The fourth-order valence-corrected chi connectivity index (χ4v) is 8.67. The van der Waals surface area contributed by atoms with E-state index in [-0.39, 0.29) is 5.54 Å². The second-order valence-corrected chi connectivity index (χ2v) is 12.7. The van der Waals surface area contributed by atoms with E-state index in [9.17, 15) is 0 Å². The Bertz CT molecular complexity index is 1370. The SMILES string of the molecule is C[Si](c1ccccc1)(c1ccccc1)C(C#Cc1ccccc1)c1ccc2ccccc2c1. The Hall–Kier alpha value is -3.86. The van der Waals surface area contributed by atoms with Gasteiger partial charge in [-0.25, -0.2) is 0 Å². The third-order valence-electron chi connectivity index (χ3n) is 6.57. The smallest absolute Gasteiger partial charge is 0.0921 e. The van der Waals surface area contributed by atoms with Gasteiger partial charge in [0.05, 0.1) is 0 Å². The van der Waals surface area contributed by atoms with Crippen molar-refractivity contribution < 1.29 is 0 Å². The summed E-state index contributed by atoms with van der Waals surface area (Å²) in [7, 11) is -2.29. The average molecular weight is 439 g/mol. The van der Waals surface area contributed by atoms with E-state index in [2.05, 4.69) is 146 Å². The Balaban J connectivity index is 1.76. The molecule has 0 aromatic heterocycles. The quantitative estimate of drug-likeness (QED) is 0.225. The first-order chi connectivity index (χ1) is 16.2. The first-order valence-corrected chi connectivity index (χ1v) is 14.0. The van der Waals surface area contributed by atoms with E-state index >= 15 is 0 Å². The largest absolute Gasteiger partial charge is 0.134 e. The third-order valence-corrected chi connectivity index (χ3v) is 11.3. The predicted octanol–water partition coefficient (Wildman–Crippen LogP) is 6.41. The monoisotopic (exact) mass is 438 g/mol. The maximum absolute atomic E-state index is 3.77. The molecule has 5 aromatic carbocycles. The Morgan fingerprint density at radius 2 is 1.06 bits per heavy atom. The molecule has 0 amide bonds. The first-order valence-electron chi connectivity index (χ1n) is 11.4. The van der Waals surface area contributed by atoms with Crippen molar-refractivity contribution >= 4 is 29.2 Å². The summed E-state index contributed by atoms with van der Waals surface area (Å²) in [5.74, 6) is 7.29. The molecule has 0 saturated carbocycles. The van der Waals surface area contributed by atoms with Gasteiger partial charge in [-0.15, -0.1) is 0 Å². The van der Waals surface area contributed by atoms with Gasteiger partial charge < -0.3 is 0 Å². The number of hydrogen-bond donors (Lipinski definition) is 0. The normalized spacial score (nSPS) is 12.0. The molecule has 33 heavy (non-hydrogen) atoms. The van der Waals surface area contributed by atoms with E-state index in [1.807, 2.05) is 6.07 Å².